The van der Waals surface area contributed by atoms with E-state index in [9.17, 15) is 132 Å². The Morgan fingerprint density at radius 1 is 0.271 bits per heavy atom. The lowest BCUT2D eigenvalue weighted by Crippen LogP contribution is -2.10. The Labute approximate surface area is 769 Å². The molecule has 18 rings (SSSR count). The van der Waals surface area contributed by atoms with E-state index in [0.717, 1.165) is 28.8 Å². The Morgan fingerprint density at radius 3 is 0.946 bits per heavy atom. The molecule has 9 aliphatic heterocycles. The first kappa shape index (κ1) is 103. The van der Waals surface area contributed by atoms with Crippen LogP contribution in [0.3, 0.4) is 0 Å². The number of halogens is 3. The monoisotopic (exact) mass is 2110 g/mol. The Bertz CT molecular complexity index is 7280. The van der Waals surface area contributed by atoms with Crippen LogP contribution < -0.4 is 18.9 Å². The first-order valence-electron chi connectivity index (χ1n) is 35.6. The minimum Gasteiger partial charge on any atom is -0.495 e. The predicted molar refractivity (Wildman–Crippen MR) is 484 cm³/mol. The summed E-state index contributed by atoms with van der Waals surface area (Å²) in [6, 6.07) is 36.7. The number of hydrogen-bond acceptors (Lipinski definition) is 40. The quantitative estimate of drug-likeness (QED) is 0.140. The summed E-state index contributed by atoms with van der Waals surface area (Å²) < 4.78 is 265. The number of hydrogen-bond donors (Lipinski definition) is 0. The van der Waals surface area contributed by atoms with E-state index in [4.69, 9.17) is 18.9 Å². The highest BCUT2D eigenvalue weighted by molar-refractivity contribution is 8.81. The van der Waals surface area contributed by atoms with Gasteiger partial charge in [0.1, 0.15) is 47.5 Å². The van der Waals surface area contributed by atoms with Crippen molar-refractivity contribution in [1.29, 1.82) is 0 Å². The van der Waals surface area contributed by atoms with Crippen LogP contribution in [0.2, 0.25) is 0 Å². The molecule has 0 amide bonds. The van der Waals surface area contributed by atoms with Gasteiger partial charge in [0.2, 0.25) is 126 Å². The standard InChI is InChI=1S/2C9H8O4S2.3C9H8O3S2.C8H3F3O3S2.2C8H6O4S2.C8H6O3S2/c1-5-3-4-6(13-2)8-7(5)9(10)14-15(8,11)12;1-2-13-7-5-3-4-6-8(7)15(11,12)14-9(6)10;1-5-3-6(2)8-7(4-5)9(10)13-14(8,11)12;1-5-3-4-6(2)8-7(5)9(10)13-14(8,11)12;1-2-6-4-3-5-7-8(6)14(11,12)13-9(7)10;9-8(10,11)5-3-1-2-4-6(5)16(13,14)15-7(4)12;2*1-12-6-4-2-3-5-7(6)14(10,11)13-8(5)9;1-5-3-2-4-6-7(5)13(10,11)12-8(6)9/h3-4H,1-2H3;3-5H,2H2,1H3;2*3-4H,1-2H3;3-5H,2H2,1H3;1-3H;2*2-4H,1H3;2-4H,1H3. The molecule has 9 heterocycles. The smallest absolute Gasteiger partial charge is 0.417 e. The van der Waals surface area contributed by atoms with E-state index in [0.29, 0.717) is 150 Å². The average Bonchev–Trinajstić information content (AvgIpc) is 1.61. The van der Waals surface area contributed by atoms with E-state index >= 15 is 0 Å². The molecule has 684 valence electrons. The van der Waals surface area contributed by atoms with Crippen molar-refractivity contribution in [3.05, 3.63) is 240 Å². The topological polar surface area (TPSA) is 498 Å². The Kier molecular flexibility index (Phi) is 31.2. The summed E-state index contributed by atoms with van der Waals surface area (Å²) in [5, 5.41) is -4.10. The van der Waals surface area contributed by atoms with Gasteiger partial charge < -0.3 is 18.9 Å². The van der Waals surface area contributed by atoms with Gasteiger partial charge in [-0.15, -0.1) is 0 Å². The summed E-state index contributed by atoms with van der Waals surface area (Å²) in [6.45, 7) is 14.4. The second-order valence-electron chi connectivity index (χ2n) is 26.6. The van der Waals surface area contributed by atoms with Crippen LogP contribution in [-0.4, -0.2) is 150 Å². The van der Waals surface area contributed by atoms with Crippen LogP contribution >= 0.6 is 97.1 Å². The maximum absolute atomic E-state index is 12.5. The van der Waals surface area contributed by atoms with Crippen molar-refractivity contribution < 1.29 is 151 Å². The fourth-order valence-electron chi connectivity index (χ4n) is 12.8. The van der Waals surface area contributed by atoms with Crippen LogP contribution in [0.4, 0.5) is 13.2 Å². The third-order valence-corrected chi connectivity index (χ3v) is 46.6. The summed E-state index contributed by atoms with van der Waals surface area (Å²) in [6.07, 6.45) is -4.17. The highest BCUT2D eigenvalue weighted by Crippen LogP contribution is 2.51. The molecular weight excluding hydrogens is 2060 g/mol. The summed E-state index contributed by atoms with van der Waals surface area (Å²) in [5.74, 6) is 0.934. The molecule has 0 saturated carbocycles. The number of benzene rings is 9. The molecule has 0 unspecified atom stereocenters. The van der Waals surface area contributed by atoms with Gasteiger partial charge in [0.05, 0.1) is 178 Å². The number of carbonyl (C=O) groups is 9. The number of carbonyl (C=O) groups excluding carboxylic acids is 9. The zero-order valence-corrected chi connectivity index (χ0v) is 82.1. The molecule has 9 aromatic rings. The number of ether oxygens (including phenoxy) is 4. The lowest BCUT2D eigenvalue weighted by Gasteiger charge is -2.09. The van der Waals surface area contributed by atoms with Crippen molar-refractivity contribution in [2.75, 3.05) is 27.9 Å². The van der Waals surface area contributed by atoms with Gasteiger partial charge in [-0.3, -0.25) is 43.2 Å². The molecule has 0 aromatic heterocycles. The van der Waals surface area contributed by atoms with E-state index in [1.54, 1.807) is 139 Å². The van der Waals surface area contributed by atoms with Crippen LogP contribution in [0.25, 0.3) is 0 Å². The van der Waals surface area contributed by atoms with Crippen molar-refractivity contribution in [1.82, 2.24) is 0 Å². The van der Waals surface area contributed by atoms with E-state index in [1.807, 2.05) is 13.8 Å². The summed E-state index contributed by atoms with van der Waals surface area (Å²) >= 11 is 0. The molecule has 31 nitrogen and oxygen atoms in total. The molecule has 9 aliphatic rings. The van der Waals surface area contributed by atoms with Crippen molar-refractivity contribution in [3.63, 3.8) is 0 Å². The first-order chi connectivity index (χ1) is 59.8. The largest absolute Gasteiger partial charge is 0.495 e. The second-order valence-corrected chi connectivity index (χ2v) is 59.6. The van der Waals surface area contributed by atoms with Gasteiger partial charge in [-0.05, 0) is 161 Å². The minimum absolute atomic E-state index is 0.00231. The molecule has 0 saturated heterocycles. The maximum Gasteiger partial charge on any atom is 0.417 e. The van der Waals surface area contributed by atoms with Crippen LogP contribution in [0, 0.1) is 41.5 Å². The molecular formula is C77H61F3O31S18. The van der Waals surface area contributed by atoms with Gasteiger partial charge in [-0.25, -0.2) is 75.8 Å². The van der Waals surface area contributed by atoms with Crippen molar-refractivity contribution in [2.24, 2.45) is 0 Å². The van der Waals surface area contributed by atoms with Crippen LogP contribution in [0.5, 0.6) is 23.0 Å². The zero-order chi connectivity index (χ0) is 96.1. The number of alkyl halides is 3. The van der Waals surface area contributed by atoms with Crippen LogP contribution in [-0.2, 0) is 92.4 Å². The molecule has 0 N–H and O–H groups in total. The summed E-state index contributed by atoms with van der Waals surface area (Å²) in [5.41, 5.74) is 5.44. The van der Waals surface area contributed by atoms with E-state index in [-0.39, 0.29) is 116 Å². The second kappa shape index (κ2) is 39.1. The van der Waals surface area contributed by atoms with Gasteiger partial charge >= 0.3 is 6.18 Å². The zero-order valence-electron chi connectivity index (χ0n) is 67.4. The minimum atomic E-state index is -4.79. The summed E-state index contributed by atoms with van der Waals surface area (Å²) in [4.78, 5) is 102. The fraction of sp³-hybridized carbons (Fsp3) is 0.182. The molecule has 9 aromatic carbocycles. The Hall–Kier alpha value is -8.30. The molecule has 129 heavy (non-hydrogen) atoms. The third kappa shape index (κ3) is 21.5. The SMILES string of the molecule is CCOc1cccc2c1S(=O)(=O)SC2=O.CCc1cccc2c1S(=O)(=O)SC2=O.COc1ccc(C)c2c1S(=O)(=O)SC2=O.COc1cccc2c1S(=O)(=O)SC2=O.COc1cccc2c1S(=O)(=O)SC2=O.Cc1cc(C)c2c(c1)C(=O)SS2(=O)=O.Cc1ccc(C)c2c1C(=O)SS2(=O)=O.Cc1cccc2c1S(=O)(=O)SC2=O.O=C1SS(=O)(=O)c2c1cccc2C(F)(F)F. The predicted octanol–water partition coefficient (Wildman–Crippen LogP) is 15.2. The number of rotatable bonds is 6. The lowest BCUT2D eigenvalue weighted by atomic mass is 10.1. The van der Waals surface area contributed by atoms with Gasteiger partial charge in [-0.2, -0.15) is 13.2 Å². The number of aryl methyl sites for hydroxylation is 7. The van der Waals surface area contributed by atoms with Crippen LogP contribution in [0.15, 0.2) is 190 Å². The van der Waals surface area contributed by atoms with Crippen molar-refractivity contribution in [3.8, 4) is 23.0 Å². The molecule has 0 aliphatic carbocycles. The van der Waals surface area contributed by atoms with E-state index in [2.05, 4.69) is 0 Å². The molecule has 0 atom stereocenters. The average molecular weight is 2120 g/mol. The van der Waals surface area contributed by atoms with Crippen LogP contribution in [0.1, 0.15) is 152 Å². The molecule has 0 fully saturated rings. The first-order valence-corrected chi connectivity index (χ1v) is 61.0. The fourth-order valence-corrected chi connectivity index (χ4v) is 41.6. The molecule has 0 radical (unpaired) electrons. The third-order valence-electron chi connectivity index (χ3n) is 18.1. The lowest BCUT2D eigenvalue weighted by molar-refractivity contribution is -0.139. The van der Waals surface area contributed by atoms with Crippen molar-refractivity contribution >= 4 is 223 Å². The van der Waals surface area contributed by atoms with Crippen molar-refractivity contribution in [2.45, 2.75) is 112 Å². The highest BCUT2D eigenvalue weighted by atomic mass is 33.2. The maximum atomic E-state index is 12.5. The number of methoxy groups -OCH3 is 3. The van der Waals surface area contributed by atoms with E-state index in [1.165, 1.54) is 51.7 Å². The van der Waals surface area contributed by atoms with Gasteiger partial charge in [0.15, 0.2) is 0 Å². The Morgan fingerprint density at radius 2 is 0.550 bits per heavy atom. The van der Waals surface area contributed by atoms with E-state index < -0.39 is 128 Å². The molecule has 0 bridgehead atoms. The van der Waals surface area contributed by atoms with Gasteiger partial charge in [0.25, 0.3) is 0 Å². The highest BCUT2D eigenvalue weighted by Gasteiger charge is 2.47. The molecule has 52 heteroatoms. The Balaban J connectivity index is 0.000000151. The summed E-state index contributed by atoms with van der Waals surface area (Å²) in [7, 11) is -25.2. The normalized spacial score (nSPS) is 18.1. The van der Waals surface area contributed by atoms with Gasteiger partial charge in [-0.1, -0.05) is 85.3 Å². The number of fused-ring (bicyclic) bond motifs is 9. The van der Waals surface area contributed by atoms with Gasteiger partial charge in [0, 0.05) is 22.3 Å². The molecule has 0 spiro atoms.